The Balaban J connectivity index is 1.76. The summed E-state index contributed by atoms with van der Waals surface area (Å²) in [6.07, 6.45) is 1.98. The maximum absolute atomic E-state index is 14.4. The van der Waals surface area contributed by atoms with Crippen LogP contribution in [-0.2, 0) is 32.6 Å². The molecule has 230 valence electrons. The molecule has 0 aromatic heterocycles. The van der Waals surface area contributed by atoms with E-state index in [1.54, 1.807) is 30.3 Å². The van der Waals surface area contributed by atoms with E-state index in [4.69, 9.17) is 11.6 Å². The first-order valence-electron chi connectivity index (χ1n) is 14.7. The first kappa shape index (κ1) is 32.8. The molecule has 44 heavy (non-hydrogen) atoms. The van der Waals surface area contributed by atoms with Crippen LogP contribution in [-0.4, -0.2) is 44.3 Å². The second-order valence-electron chi connectivity index (χ2n) is 10.7. The maximum Gasteiger partial charge on any atom is 0.264 e. The number of nitrogens with zero attached hydrogens (tertiary/aromatic N) is 2. The van der Waals surface area contributed by atoms with Gasteiger partial charge in [-0.15, -0.1) is 0 Å². The summed E-state index contributed by atoms with van der Waals surface area (Å²) >= 11 is 6.04. The van der Waals surface area contributed by atoms with Crippen LogP contribution in [0.1, 0.15) is 36.5 Å². The van der Waals surface area contributed by atoms with Gasteiger partial charge >= 0.3 is 0 Å². The minimum Gasteiger partial charge on any atom is -0.354 e. The molecule has 0 spiro atoms. The molecule has 0 saturated carbocycles. The Hall–Kier alpha value is -4.14. The molecule has 0 aliphatic carbocycles. The van der Waals surface area contributed by atoms with E-state index in [0.717, 1.165) is 33.8 Å². The Kier molecular flexibility index (Phi) is 11.6. The summed E-state index contributed by atoms with van der Waals surface area (Å²) < 4.78 is 29.1. The molecule has 2 amide bonds. The minimum atomic E-state index is -4.17. The van der Waals surface area contributed by atoms with Crippen molar-refractivity contribution in [1.82, 2.24) is 10.2 Å². The molecule has 0 aliphatic rings. The SMILES string of the molecule is CCCCNC(=O)[C@@H](Cc1ccccc1)N(Cc1ccc(C)cc1)C(=O)CN(c1ccccc1)S(=O)(=O)c1ccc(Cl)cc1. The predicted octanol–water partition coefficient (Wildman–Crippen LogP) is 6.40. The van der Waals surface area contributed by atoms with Gasteiger partial charge < -0.3 is 10.2 Å². The highest BCUT2D eigenvalue weighted by atomic mass is 35.5. The van der Waals surface area contributed by atoms with Crippen molar-refractivity contribution in [3.05, 3.63) is 131 Å². The summed E-state index contributed by atoms with van der Waals surface area (Å²) in [5.74, 6) is -0.784. The number of nitrogens with one attached hydrogen (secondary N) is 1. The van der Waals surface area contributed by atoms with Crippen LogP contribution in [0.5, 0.6) is 0 Å². The van der Waals surface area contributed by atoms with Crippen molar-refractivity contribution < 1.29 is 18.0 Å². The highest BCUT2D eigenvalue weighted by Crippen LogP contribution is 2.26. The first-order chi connectivity index (χ1) is 21.2. The monoisotopic (exact) mass is 631 g/mol. The van der Waals surface area contributed by atoms with Crippen molar-refractivity contribution >= 4 is 39.1 Å². The summed E-state index contributed by atoms with van der Waals surface area (Å²) in [6.45, 7) is 4.12. The number of para-hydroxylation sites is 1. The fraction of sp³-hybridized carbons (Fsp3) is 0.257. The largest absolute Gasteiger partial charge is 0.354 e. The third kappa shape index (κ3) is 8.71. The molecule has 0 fully saturated rings. The Labute approximate surface area is 265 Å². The number of rotatable bonds is 14. The fourth-order valence-electron chi connectivity index (χ4n) is 4.81. The topological polar surface area (TPSA) is 86.8 Å². The highest BCUT2D eigenvalue weighted by molar-refractivity contribution is 7.92. The molecule has 1 N–H and O–H groups in total. The summed E-state index contributed by atoms with van der Waals surface area (Å²) in [4.78, 5) is 29.7. The van der Waals surface area contributed by atoms with Crippen molar-refractivity contribution in [3.63, 3.8) is 0 Å². The standard InChI is InChI=1S/C35H38ClN3O4S/c1-3-4-23-37-35(41)33(24-28-11-7-5-8-12-28)38(25-29-17-15-27(2)16-18-29)34(40)26-39(31-13-9-6-10-14-31)44(42,43)32-21-19-30(36)20-22-32/h5-22,33H,3-4,23-26H2,1-2H3,(H,37,41)/t33-/m1/s1. The van der Waals surface area contributed by atoms with Crippen LogP contribution in [0.15, 0.2) is 114 Å². The van der Waals surface area contributed by atoms with E-state index in [1.807, 2.05) is 68.4 Å². The molecular weight excluding hydrogens is 594 g/mol. The van der Waals surface area contributed by atoms with E-state index in [1.165, 1.54) is 29.2 Å². The normalized spacial score (nSPS) is 11.9. The molecule has 9 heteroatoms. The van der Waals surface area contributed by atoms with Crippen LogP contribution in [0, 0.1) is 6.92 Å². The first-order valence-corrected chi connectivity index (χ1v) is 16.5. The van der Waals surface area contributed by atoms with Gasteiger partial charge in [0.25, 0.3) is 10.0 Å². The number of halogens is 1. The molecule has 0 radical (unpaired) electrons. The Morgan fingerprint density at radius 3 is 2.05 bits per heavy atom. The van der Waals surface area contributed by atoms with Crippen LogP contribution in [0.3, 0.4) is 0 Å². The van der Waals surface area contributed by atoms with Crippen LogP contribution in [0.4, 0.5) is 5.69 Å². The number of anilines is 1. The number of carbonyl (C=O) groups is 2. The summed E-state index contributed by atoms with van der Waals surface area (Å²) in [7, 11) is -4.17. The molecular formula is C35H38ClN3O4S. The molecule has 1 atom stereocenters. The van der Waals surface area contributed by atoms with Gasteiger partial charge in [-0.2, -0.15) is 0 Å². The zero-order valence-corrected chi connectivity index (χ0v) is 26.6. The molecule has 0 heterocycles. The van der Waals surface area contributed by atoms with Gasteiger partial charge in [-0.05, 0) is 60.9 Å². The van der Waals surface area contributed by atoms with Gasteiger partial charge in [-0.1, -0.05) is 103 Å². The average molecular weight is 632 g/mol. The van der Waals surface area contributed by atoms with Gasteiger partial charge in [0.1, 0.15) is 12.6 Å². The predicted molar refractivity (Wildman–Crippen MR) is 176 cm³/mol. The average Bonchev–Trinajstić information content (AvgIpc) is 3.03. The van der Waals surface area contributed by atoms with Crippen molar-refractivity contribution in [2.24, 2.45) is 0 Å². The number of unbranched alkanes of at least 4 members (excludes halogenated alkanes) is 1. The van der Waals surface area contributed by atoms with Crippen LogP contribution >= 0.6 is 11.6 Å². The summed E-state index contributed by atoms with van der Waals surface area (Å²) in [5, 5.41) is 3.40. The fourth-order valence-corrected chi connectivity index (χ4v) is 6.35. The number of hydrogen-bond acceptors (Lipinski definition) is 4. The van der Waals surface area contributed by atoms with E-state index < -0.39 is 28.5 Å². The van der Waals surface area contributed by atoms with Crippen LogP contribution in [0.25, 0.3) is 0 Å². The van der Waals surface area contributed by atoms with Crippen LogP contribution < -0.4 is 9.62 Å². The second kappa shape index (κ2) is 15.5. The van der Waals surface area contributed by atoms with E-state index >= 15 is 0 Å². The Morgan fingerprint density at radius 1 is 0.818 bits per heavy atom. The zero-order valence-electron chi connectivity index (χ0n) is 25.0. The van der Waals surface area contributed by atoms with Gasteiger partial charge in [-0.3, -0.25) is 13.9 Å². The second-order valence-corrected chi connectivity index (χ2v) is 13.0. The summed E-state index contributed by atoms with van der Waals surface area (Å²) in [5.41, 5.74) is 3.11. The van der Waals surface area contributed by atoms with Gasteiger partial charge in [0.15, 0.2) is 0 Å². The molecule has 0 aliphatic heterocycles. The molecule has 0 unspecified atom stereocenters. The molecule has 0 saturated heterocycles. The van der Waals surface area contributed by atoms with Crippen LogP contribution in [0.2, 0.25) is 5.02 Å². The lowest BCUT2D eigenvalue weighted by atomic mass is 10.0. The third-order valence-corrected chi connectivity index (χ3v) is 9.34. The molecule has 4 aromatic carbocycles. The van der Waals surface area contributed by atoms with Gasteiger partial charge in [0, 0.05) is 24.5 Å². The van der Waals surface area contributed by atoms with Crippen molar-refractivity contribution in [3.8, 4) is 0 Å². The number of aryl methyl sites for hydroxylation is 1. The molecule has 4 aromatic rings. The van der Waals surface area contributed by atoms with E-state index in [2.05, 4.69) is 5.32 Å². The highest BCUT2D eigenvalue weighted by Gasteiger charge is 2.34. The molecule has 7 nitrogen and oxygen atoms in total. The smallest absolute Gasteiger partial charge is 0.264 e. The number of hydrogen-bond donors (Lipinski definition) is 1. The maximum atomic E-state index is 14.4. The minimum absolute atomic E-state index is 0.00165. The third-order valence-electron chi connectivity index (χ3n) is 7.30. The van der Waals surface area contributed by atoms with Gasteiger partial charge in [0.05, 0.1) is 10.6 Å². The summed E-state index contributed by atoms with van der Waals surface area (Å²) in [6, 6.07) is 30.7. The lowest BCUT2D eigenvalue weighted by Crippen LogP contribution is -2.53. The van der Waals surface area contributed by atoms with E-state index in [-0.39, 0.29) is 23.8 Å². The number of sulfonamides is 1. The Bertz CT molecular complexity index is 1610. The lowest BCUT2D eigenvalue weighted by Gasteiger charge is -2.34. The quantitative estimate of drug-likeness (QED) is 0.163. The van der Waals surface area contributed by atoms with E-state index in [9.17, 15) is 18.0 Å². The number of benzene rings is 4. The van der Waals surface area contributed by atoms with Gasteiger partial charge in [-0.25, -0.2) is 8.42 Å². The molecule has 4 rings (SSSR count). The zero-order chi connectivity index (χ0) is 31.5. The number of amides is 2. The van der Waals surface area contributed by atoms with Crippen molar-refractivity contribution in [2.45, 2.75) is 50.6 Å². The van der Waals surface area contributed by atoms with Gasteiger partial charge in [0.2, 0.25) is 11.8 Å². The number of carbonyl (C=O) groups excluding carboxylic acids is 2. The van der Waals surface area contributed by atoms with E-state index in [0.29, 0.717) is 17.3 Å². The van der Waals surface area contributed by atoms with Crippen molar-refractivity contribution in [2.75, 3.05) is 17.4 Å². The Morgan fingerprint density at radius 2 is 1.43 bits per heavy atom. The molecule has 0 bridgehead atoms. The lowest BCUT2D eigenvalue weighted by molar-refractivity contribution is -0.140. The van der Waals surface area contributed by atoms with Crippen molar-refractivity contribution in [1.29, 1.82) is 0 Å².